The zero-order chi connectivity index (χ0) is 20.4. The van der Waals surface area contributed by atoms with Crippen molar-refractivity contribution in [1.29, 1.82) is 0 Å². The first-order valence-corrected chi connectivity index (χ1v) is 8.60. The average Bonchev–Trinajstić information content (AvgIpc) is 3.20. The number of quaternary nitrogens is 1. The monoisotopic (exact) mass is 426 g/mol. The van der Waals surface area contributed by atoms with Crippen molar-refractivity contribution in [1.82, 2.24) is 0 Å². The van der Waals surface area contributed by atoms with Crippen LogP contribution >= 0.6 is 0 Å². The summed E-state index contributed by atoms with van der Waals surface area (Å²) >= 11 is 0. The van der Waals surface area contributed by atoms with Crippen molar-refractivity contribution < 1.29 is 27.7 Å². The molecule has 0 aliphatic carbocycles. The number of hydrazone groups is 1. The highest BCUT2D eigenvalue weighted by Gasteiger charge is 2.35. The lowest BCUT2D eigenvalue weighted by atomic mass is 10.1. The van der Waals surface area contributed by atoms with Crippen LogP contribution in [0.4, 0.5) is 22.7 Å². The third kappa shape index (κ3) is 3.90. The molecule has 1 heterocycles. The second-order valence-corrected chi connectivity index (χ2v) is 6.14. The van der Waals surface area contributed by atoms with E-state index in [1.807, 2.05) is 60.7 Å². The van der Waals surface area contributed by atoms with E-state index in [-0.39, 0.29) is 29.3 Å². The van der Waals surface area contributed by atoms with E-state index in [0.29, 0.717) is 5.84 Å². The maximum Gasteiger partial charge on any atom is 0.291 e. The van der Waals surface area contributed by atoms with Crippen molar-refractivity contribution in [2.75, 3.05) is 10.2 Å². The fourth-order valence-electron chi connectivity index (χ4n) is 2.98. The summed E-state index contributed by atoms with van der Waals surface area (Å²) in [6.45, 7) is 0. The van der Waals surface area contributed by atoms with Crippen LogP contribution in [0.2, 0.25) is 0 Å². The number of nitro benzene ring substituents is 2. The number of hydrazine groups is 1. The summed E-state index contributed by atoms with van der Waals surface area (Å²) in [5.74, 6) is 0.319. The van der Waals surface area contributed by atoms with Crippen molar-refractivity contribution in [3.63, 3.8) is 0 Å². The molecule has 0 saturated heterocycles. The van der Waals surface area contributed by atoms with Gasteiger partial charge in [-0.15, -0.1) is 10.2 Å². The molecular weight excluding hydrogens is 412 g/mol. The highest BCUT2D eigenvalue weighted by atomic mass is 35.5. The fourth-order valence-corrected chi connectivity index (χ4v) is 2.98. The molecule has 30 heavy (non-hydrogen) atoms. The van der Waals surface area contributed by atoms with Gasteiger partial charge in [-0.1, -0.05) is 41.5 Å². The predicted octanol–water partition coefficient (Wildman–Crippen LogP) is -0.411. The van der Waals surface area contributed by atoms with Crippen LogP contribution in [0.25, 0.3) is 0 Å². The van der Waals surface area contributed by atoms with Gasteiger partial charge in [0.25, 0.3) is 17.2 Å². The Hall–Kier alpha value is -4.02. The van der Waals surface area contributed by atoms with Crippen molar-refractivity contribution in [3.05, 3.63) is 105 Å². The standard InChI is InChI=1S/C19H14N6O4.ClH/c26-24(27)16-11-12-17(18(13-16)25(28)29)19-20-22(14-7-3-1-4-8-14)23(21-19)15-9-5-2-6-10-15;/h1-13H,(H,20,21);1H. The molecule has 1 aliphatic rings. The zero-order valence-corrected chi connectivity index (χ0v) is 16.1. The van der Waals surface area contributed by atoms with Crippen LogP contribution in [0.1, 0.15) is 5.56 Å². The van der Waals surface area contributed by atoms with Gasteiger partial charge < -0.3 is 12.4 Å². The number of rotatable bonds is 5. The molecule has 0 spiro atoms. The van der Waals surface area contributed by atoms with Crippen LogP contribution in [0.5, 0.6) is 0 Å². The third-order valence-electron chi connectivity index (χ3n) is 4.32. The number of anilines is 2. The molecule has 1 aliphatic heterocycles. The molecule has 0 fully saturated rings. The Bertz CT molecular complexity index is 1110. The number of nitrogens with zero attached hydrogens (tertiary/aromatic N) is 5. The summed E-state index contributed by atoms with van der Waals surface area (Å²) in [6.07, 6.45) is 0. The van der Waals surface area contributed by atoms with E-state index in [2.05, 4.69) is 5.10 Å². The van der Waals surface area contributed by atoms with Gasteiger partial charge in [0, 0.05) is 6.07 Å². The predicted molar refractivity (Wildman–Crippen MR) is 106 cm³/mol. The van der Waals surface area contributed by atoms with Crippen LogP contribution in [0.3, 0.4) is 0 Å². The highest BCUT2D eigenvalue weighted by molar-refractivity contribution is 5.98. The summed E-state index contributed by atoms with van der Waals surface area (Å²) in [4.78, 5) is 21.2. The fraction of sp³-hybridized carbons (Fsp3) is 0. The largest absolute Gasteiger partial charge is 1.00 e. The summed E-state index contributed by atoms with van der Waals surface area (Å²) in [5.41, 5.74) is 2.69. The maximum absolute atomic E-state index is 11.5. The van der Waals surface area contributed by atoms with Gasteiger partial charge in [-0.3, -0.25) is 20.2 Å². The van der Waals surface area contributed by atoms with Gasteiger partial charge in [-0.2, -0.15) is 5.43 Å². The van der Waals surface area contributed by atoms with Gasteiger partial charge in [0.15, 0.2) is 0 Å². The lowest BCUT2D eigenvalue weighted by molar-refractivity contribution is -0.545. The Balaban J connectivity index is 0.00000256. The van der Waals surface area contributed by atoms with Gasteiger partial charge in [0.1, 0.15) is 11.3 Å². The Morgan fingerprint density at radius 2 is 1.40 bits per heavy atom. The number of benzene rings is 3. The SMILES string of the molecule is O=[N+]([O-])c1ccc(C2=NN(c3ccccc3)N(c3ccccc3)[NH2+]2)c([N+](=O)[O-])c1.[Cl-]. The molecule has 0 bridgehead atoms. The number of hydrogen-bond acceptors (Lipinski definition) is 7. The number of hydrogen-bond donors (Lipinski definition) is 1. The highest BCUT2D eigenvalue weighted by Crippen LogP contribution is 2.27. The van der Waals surface area contributed by atoms with E-state index in [1.165, 1.54) is 12.1 Å². The smallest absolute Gasteiger partial charge is 0.291 e. The van der Waals surface area contributed by atoms with Crippen molar-refractivity contribution in [2.24, 2.45) is 5.10 Å². The van der Waals surface area contributed by atoms with Crippen molar-refractivity contribution in [2.45, 2.75) is 0 Å². The Kier molecular flexibility index (Phi) is 5.90. The molecule has 0 amide bonds. The van der Waals surface area contributed by atoms with Gasteiger partial charge in [0.05, 0.1) is 21.6 Å². The molecule has 11 heteroatoms. The number of non-ortho nitro benzene ring substituents is 1. The van der Waals surface area contributed by atoms with Gasteiger partial charge in [0.2, 0.25) is 0 Å². The molecule has 3 aromatic carbocycles. The first-order chi connectivity index (χ1) is 14.0. The second-order valence-electron chi connectivity index (χ2n) is 6.14. The molecule has 10 nitrogen and oxygen atoms in total. The molecule has 0 radical (unpaired) electrons. The minimum absolute atomic E-state index is 0. The molecular formula is C19H15ClN6O4. The van der Waals surface area contributed by atoms with Gasteiger partial charge >= 0.3 is 0 Å². The topological polar surface area (TPSA) is 122 Å². The number of amidine groups is 1. The van der Waals surface area contributed by atoms with Crippen LogP contribution in [0, 0.1) is 20.2 Å². The molecule has 0 atom stereocenters. The maximum atomic E-state index is 11.5. The molecule has 4 rings (SSSR count). The van der Waals surface area contributed by atoms with Crippen molar-refractivity contribution >= 4 is 28.6 Å². The number of halogens is 1. The average molecular weight is 427 g/mol. The van der Waals surface area contributed by atoms with E-state index in [0.717, 1.165) is 17.4 Å². The van der Waals surface area contributed by atoms with Crippen LogP contribution in [-0.2, 0) is 0 Å². The number of nitro groups is 2. The minimum atomic E-state index is -0.663. The summed E-state index contributed by atoms with van der Waals surface area (Å²) in [6, 6.07) is 22.3. The van der Waals surface area contributed by atoms with Crippen LogP contribution in [-0.4, -0.2) is 15.7 Å². The minimum Gasteiger partial charge on any atom is -1.00 e. The van der Waals surface area contributed by atoms with E-state index < -0.39 is 9.85 Å². The molecule has 2 N–H and O–H groups in total. The van der Waals surface area contributed by atoms with Gasteiger partial charge in [-0.05, 0) is 30.3 Å². The van der Waals surface area contributed by atoms with E-state index in [1.54, 1.807) is 15.7 Å². The lowest BCUT2D eigenvalue weighted by Crippen LogP contribution is -3.00. The Morgan fingerprint density at radius 1 is 0.800 bits per heavy atom. The van der Waals surface area contributed by atoms with E-state index in [9.17, 15) is 20.2 Å². The normalized spacial score (nSPS) is 12.9. The lowest BCUT2D eigenvalue weighted by Gasteiger charge is -2.23. The molecule has 3 aromatic rings. The Morgan fingerprint density at radius 3 is 1.97 bits per heavy atom. The molecule has 0 aromatic heterocycles. The first kappa shape index (κ1) is 20.7. The van der Waals surface area contributed by atoms with Gasteiger partial charge in [-0.25, -0.2) is 0 Å². The van der Waals surface area contributed by atoms with Crippen molar-refractivity contribution in [3.8, 4) is 0 Å². The van der Waals surface area contributed by atoms with E-state index >= 15 is 0 Å². The molecule has 152 valence electrons. The number of nitrogens with two attached hydrogens (primary N) is 1. The quantitative estimate of drug-likeness (QED) is 0.336. The third-order valence-corrected chi connectivity index (χ3v) is 4.32. The second kappa shape index (κ2) is 8.55. The first-order valence-electron chi connectivity index (χ1n) is 8.60. The van der Waals surface area contributed by atoms with Crippen LogP contribution in [0.15, 0.2) is 84.0 Å². The molecule has 0 unspecified atom stereocenters. The molecule has 0 saturated carbocycles. The summed E-state index contributed by atoms with van der Waals surface area (Å²) in [5, 5.41) is 30.5. The summed E-state index contributed by atoms with van der Waals surface area (Å²) in [7, 11) is 0. The number of para-hydroxylation sites is 2. The summed E-state index contributed by atoms with van der Waals surface area (Å²) < 4.78 is 0. The zero-order valence-electron chi connectivity index (χ0n) is 15.3. The van der Waals surface area contributed by atoms with Crippen LogP contribution < -0.4 is 28.1 Å². The van der Waals surface area contributed by atoms with E-state index in [4.69, 9.17) is 0 Å². The Labute approximate surface area is 176 Å².